The molecule has 2 saturated heterocycles. The van der Waals surface area contributed by atoms with Crippen LogP contribution in [0.2, 0.25) is 15.1 Å². The normalized spacial score (nSPS) is 17.8. The van der Waals surface area contributed by atoms with Crippen LogP contribution in [0.5, 0.6) is 0 Å². The lowest BCUT2D eigenvalue weighted by atomic mass is 9.87. The summed E-state index contributed by atoms with van der Waals surface area (Å²) in [6.45, 7) is 5.69. The zero-order chi connectivity index (χ0) is 38.8. The van der Waals surface area contributed by atoms with Gasteiger partial charge in [0.1, 0.15) is 5.69 Å². The van der Waals surface area contributed by atoms with E-state index in [2.05, 4.69) is 56.7 Å². The van der Waals surface area contributed by atoms with Gasteiger partial charge in [-0.3, -0.25) is 4.79 Å². The highest BCUT2D eigenvalue weighted by molar-refractivity contribution is 6.35. The van der Waals surface area contributed by atoms with E-state index in [1.807, 2.05) is 65.6 Å². The van der Waals surface area contributed by atoms with Gasteiger partial charge in [-0.05, 0) is 91.1 Å². The van der Waals surface area contributed by atoms with Gasteiger partial charge in [0.2, 0.25) is 0 Å². The monoisotopic (exact) mass is 807 g/mol. The summed E-state index contributed by atoms with van der Waals surface area (Å²) in [6, 6.07) is 25.4. The van der Waals surface area contributed by atoms with E-state index in [-0.39, 0.29) is 23.9 Å². The maximum Gasteiger partial charge on any atom is 0.317 e. The van der Waals surface area contributed by atoms with Gasteiger partial charge in [-0.2, -0.15) is 0 Å². The number of likely N-dealkylation sites (tertiary alicyclic amines) is 1. The van der Waals surface area contributed by atoms with Crippen molar-refractivity contribution in [2.24, 2.45) is 5.92 Å². The molecule has 0 saturated carbocycles. The van der Waals surface area contributed by atoms with Crippen molar-refractivity contribution in [3.8, 4) is 0 Å². The third-order valence-electron chi connectivity index (χ3n) is 11.0. The third kappa shape index (κ3) is 7.99. The molecule has 3 amide bonds. The van der Waals surface area contributed by atoms with Gasteiger partial charge in [-0.15, -0.1) is 0 Å². The van der Waals surface area contributed by atoms with Crippen LogP contribution in [0.15, 0.2) is 97.3 Å². The van der Waals surface area contributed by atoms with E-state index in [0.717, 1.165) is 84.1 Å². The molecule has 2 fully saturated rings. The molecule has 1 atom stereocenters. The van der Waals surface area contributed by atoms with Crippen LogP contribution in [0.1, 0.15) is 66.2 Å². The van der Waals surface area contributed by atoms with Crippen molar-refractivity contribution < 1.29 is 9.59 Å². The summed E-state index contributed by atoms with van der Waals surface area (Å²) >= 11 is 19.7. The number of carbonyl (C=O) groups excluding carboxylic acids is 2. The minimum atomic E-state index is -0.306. The Hall–Kier alpha value is -4.96. The first-order valence-corrected chi connectivity index (χ1v) is 20.4. The lowest BCUT2D eigenvalue weighted by molar-refractivity contribution is 0.102. The molecule has 3 N–H and O–H groups in total. The van der Waals surface area contributed by atoms with Crippen molar-refractivity contribution in [3.63, 3.8) is 0 Å². The average Bonchev–Trinajstić information content (AvgIpc) is 3.84. The summed E-state index contributed by atoms with van der Waals surface area (Å²) in [5, 5.41) is 9.03. The van der Waals surface area contributed by atoms with Gasteiger partial charge in [-0.1, -0.05) is 90.3 Å². The van der Waals surface area contributed by atoms with Crippen molar-refractivity contribution in [1.82, 2.24) is 25.1 Å². The van der Waals surface area contributed by atoms with Crippen molar-refractivity contribution in [2.45, 2.75) is 51.6 Å². The molecule has 0 bridgehead atoms. The maximum atomic E-state index is 14.9. The first-order chi connectivity index (χ1) is 27.2. The molecular formula is C44H44Cl3N7O2. The molecule has 0 aliphatic carbocycles. The number of allylic oxidation sites excluding steroid dienone is 2. The Morgan fingerprint density at radius 1 is 0.893 bits per heavy atom. The van der Waals surface area contributed by atoms with E-state index in [9.17, 15) is 9.59 Å². The fraction of sp³-hybridized carbons (Fsp3) is 0.295. The molecule has 5 aromatic rings. The second-order valence-electron chi connectivity index (χ2n) is 14.8. The summed E-state index contributed by atoms with van der Waals surface area (Å²) in [4.78, 5) is 42.2. The van der Waals surface area contributed by atoms with Gasteiger partial charge >= 0.3 is 6.03 Å². The average molecular weight is 809 g/mol. The number of carbonyl (C=O) groups is 2. The Labute approximate surface area is 342 Å². The van der Waals surface area contributed by atoms with E-state index in [4.69, 9.17) is 39.8 Å². The summed E-state index contributed by atoms with van der Waals surface area (Å²) < 4.78 is 0. The minimum Gasteiger partial charge on any atom is -0.355 e. The molecule has 8 rings (SSSR count). The number of anilines is 2. The van der Waals surface area contributed by atoms with Crippen molar-refractivity contribution in [2.75, 3.05) is 36.4 Å². The summed E-state index contributed by atoms with van der Waals surface area (Å²) in [5.41, 5.74) is 6.47. The zero-order valence-electron chi connectivity index (χ0n) is 31.2. The standard InChI is InChI=1S/C44H44Cl3N7O2/c1-28-9-8-22-54(27-30-13-14-31(45)25-35(30)47)41(38(28)29-10-3-2-4-11-29)39-34-16-15-32(46)26-37(34)50-40(39)43(55)51-36-12-7-19-48-42(36)52-23-17-33(18-24-52)49-44(56)53-20-5-6-21-53/h2-4,7-8,10-16,19,22,25-26,28,33,50H,5-6,9,17-18,20-21,23-24,27H2,1H3,(H,49,56)(H,51,55). The second-order valence-corrected chi connectivity index (χ2v) is 16.1. The number of amides is 3. The molecular weight excluding hydrogens is 765 g/mol. The van der Waals surface area contributed by atoms with Crippen LogP contribution in [0.25, 0.3) is 22.2 Å². The molecule has 56 heavy (non-hydrogen) atoms. The predicted molar refractivity (Wildman–Crippen MR) is 228 cm³/mol. The Morgan fingerprint density at radius 2 is 1.64 bits per heavy atom. The predicted octanol–water partition coefficient (Wildman–Crippen LogP) is 10.5. The number of piperidine rings is 1. The highest BCUT2D eigenvalue weighted by atomic mass is 35.5. The number of urea groups is 1. The lowest BCUT2D eigenvalue weighted by Crippen LogP contribution is -2.48. The number of fused-ring (bicyclic) bond motifs is 1. The fourth-order valence-corrected chi connectivity index (χ4v) is 8.83. The van der Waals surface area contributed by atoms with Crippen LogP contribution in [0, 0.1) is 5.92 Å². The van der Waals surface area contributed by atoms with Crippen molar-refractivity contribution in [1.29, 1.82) is 0 Å². The molecule has 3 aliphatic heterocycles. The minimum absolute atomic E-state index is 0.0288. The number of nitrogens with one attached hydrogen (secondary N) is 3. The third-order valence-corrected chi connectivity index (χ3v) is 11.8. The van der Waals surface area contributed by atoms with Gasteiger partial charge in [-0.25, -0.2) is 9.78 Å². The molecule has 288 valence electrons. The number of aromatic amines is 1. The van der Waals surface area contributed by atoms with Crippen LogP contribution < -0.4 is 15.5 Å². The van der Waals surface area contributed by atoms with Gasteiger partial charge in [0.15, 0.2) is 5.82 Å². The molecule has 3 aliphatic rings. The number of pyridine rings is 1. The smallest absolute Gasteiger partial charge is 0.317 e. The lowest BCUT2D eigenvalue weighted by Gasteiger charge is -2.34. The maximum absolute atomic E-state index is 14.9. The van der Waals surface area contributed by atoms with E-state index in [1.165, 1.54) is 0 Å². The van der Waals surface area contributed by atoms with E-state index in [1.54, 1.807) is 12.3 Å². The Morgan fingerprint density at radius 3 is 2.41 bits per heavy atom. The number of hydrogen-bond donors (Lipinski definition) is 3. The Bertz CT molecular complexity index is 2310. The molecule has 3 aromatic carbocycles. The number of hydrogen-bond acceptors (Lipinski definition) is 5. The first-order valence-electron chi connectivity index (χ1n) is 19.3. The first kappa shape index (κ1) is 37.9. The van der Waals surface area contributed by atoms with Crippen LogP contribution in [0.3, 0.4) is 0 Å². The number of nitrogens with zero attached hydrogens (tertiary/aromatic N) is 4. The topological polar surface area (TPSA) is 96.6 Å². The molecule has 12 heteroatoms. The Balaban J connectivity index is 1.17. The Kier molecular flexibility index (Phi) is 11.3. The van der Waals surface area contributed by atoms with E-state index < -0.39 is 0 Å². The van der Waals surface area contributed by atoms with Gasteiger partial charge in [0, 0.05) is 82.7 Å². The fourth-order valence-electron chi connectivity index (χ4n) is 8.19. The summed E-state index contributed by atoms with van der Waals surface area (Å²) in [6.07, 6.45) is 10.5. The van der Waals surface area contributed by atoms with Crippen LogP contribution in [-0.4, -0.2) is 63.9 Å². The van der Waals surface area contributed by atoms with Crippen LogP contribution >= 0.6 is 34.8 Å². The molecule has 0 spiro atoms. The molecule has 0 radical (unpaired) electrons. The molecule has 5 heterocycles. The number of rotatable bonds is 8. The van der Waals surface area contributed by atoms with Crippen molar-refractivity contribution in [3.05, 3.63) is 135 Å². The quantitative estimate of drug-likeness (QED) is 0.145. The highest BCUT2D eigenvalue weighted by Gasteiger charge is 2.32. The van der Waals surface area contributed by atoms with E-state index in [0.29, 0.717) is 51.9 Å². The largest absolute Gasteiger partial charge is 0.355 e. The number of aromatic nitrogens is 2. The summed E-state index contributed by atoms with van der Waals surface area (Å²) in [7, 11) is 0. The van der Waals surface area contributed by atoms with Crippen LogP contribution in [-0.2, 0) is 6.54 Å². The van der Waals surface area contributed by atoms with Gasteiger partial charge in [0.05, 0.1) is 11.4 Å². The van der Waals surface area contributed by atoms with Crippen LogP contribution in [0.4, 0.5) is 16.3 Å². The SMILES string of the molecule is CC1CC=CN(Cc2ccc(Cl)cc2Cl)C(c2c(C(=O)Nc3cccnc3N3CCC(NC(=O)N4CCCC4)CC3)[nH]c3cc(Cl)ccc23)=C1c1ccccc1. The molecule has 1 unspecified atom stereocenters. The molecule has 2 aromatic heterocycles. The molecule has 9 nitrogen and oxygen atoms in total. The van der Waals surface area contributed by atoms with E-state index >= 15 is 0 Å². The van der Waals surface area contributed by atoms with Gasteiger partial charge in [0.25, 0.3) is 5.91 Å². The zero-order valence-corrected chi connectivity index (χ0v) is 33.5. The summed E-state index contributed by atoms with van der Waals surface area (Å²) in [5.74, 6) is 0.496. The van der Waals surface area contributed by atoms with Crippen molar-refractivity contribution >= 4 is 80.4 Å². The number of halogens is 3. The number of benzene rings is 3. The number of H-pyrrole nitrogens is 1. The second kappa shape index (κ2) is 16.6. The highest BCUT2D eigenvalue weighted by Crippen LogP contribution is 2.44. The van der Waals surface area contributed by atoms with Gasteiger partial charge < -0.3 is 30.3 Å².